The normalized spacial score (nSPS) is 20.3. The molecular formula is C13H17Cl2N3O. The van der Waals surface area contributed by atoms with Crippen molar-refractivity contribution in [1.82, 2.24) is 10.2 Å². The van der Waals surface area contributed by atoms with Gasteiger partial charge in [0.25, 0.3) is 0 Å². The van der Waals surface area contributed by atoms with Crippen LogP contribution in [-0.2, 0) is 4.79 Å². The van der Waals surface area contributed by atoms with Crippen LogP contribution in [0.4, 0.5) is 5.69 Å². The molecule has 2 N–H and O–H groups in total. The second-order valence-electron chi connectivity index (χ2n) is 4.70. The fourth-order valence-corrected chi connectivity index (χ4v) is 2.37. The average Bonchev–Trinajstić information content (AvgIpc) is 2.37. The fraction of sp³-hybridized carbons (Fsp3) is 0.462. The predicted molar refractivity (Wildman–Crippen MR) is 79.0 cm³/mol. The number of carbonyl (C=O) groups excluding carboxylic acids is 1. The minimum absolute atomic E-state index is 0.0351. The summed E-state index contributed by atoms with van der Waals surface area (Å²) in [6.45, 7) is 5.22. The first-order valence-corrected chi connectivity index (χ1v) is 7.01. The molecule has 2 rings (SSSR count). The highest BCUT2D eigenvalue weighted by Gasteiger charge is 2.20. The SMILES string of the molecule is CC1CNCCN1CC(=O)Nc1ccc(Cl)c(Cl)c1. The summed E-state index contributed by atoms with van der Waals surface area (Å²) in [6.07, 6.45) is 0. The molecule has 1 aliphatic rings. The van der Waals surface area contributed by atoms with E-state index in [1.807, 2.05) is 0 Å². The molecule has 0 aliphatic carbocycles. The minimum Gasteiger partial charge on any atom is -0.325 e. The molecule has 1 aromatic rings. The fourth-order valence-electron chi connectivity index (χ4n) is 2.08. The lowest BCUT2D eigenvalue weighted by Crippen LogP contribution is -2.51. The van der Waals surface area contributed by atoms with Crippen molar-refractivity contribution in [3.63, 3.8) is 0 Å². The molecule has 1 heterocycles. The molecule has 1 aliphatic heterocycles. The molecule has 0 spiro atoms. The van der Waals surface area contributed by atoms with Crippen LogP contribution in [0.5, 0.6) is 0 Å². The van der Waals surface area contributed by atoms with Crippen molar-refractivity contribution in [2.24, 2.45) is 0 Å². The summed E-state index contributed by atoms with van der Waals surface area (Å²) in [6, 6.07) is 5.44. The first-order valence-electron chi connectivity index (χ1n) is 6.26. The van der Waals surface area contributed by atoms with E-state index in [1.165, 1.54) is 0 Å². The Morgan fingerprint density at radius 1 is 1.47 bits per heavy atom. The third kappa shape index (κ3) is 4.08. The van der Waals surface area contributed by atoms with Crippen LogP contribution in [-0.4, -0.2) is 43.0 Å². The number of piperazine rings is 1. The summed E-state index contributed by atoms with van der Waals surface area (Å²) in [7, 11) is 0. The smallest absolute Gasteiger partial charge is 0.238 e. The van der Waals surface area contributed by atoms with Crippen molar-refractivity contribution in [3.05, 3.63) is 28.2 Å². The first-order chi connectivity index (χ1) is 9.06. The van der Waals surface area contributed by atoms with Gasteiger partial charge in [0.2, 0.25) is 5.91 Å². The van der Waals surface area contributed by atoms with Gasteiger partial charge in [-0.1, -0.05) is 23.2 Å². The molecule has 1 saturated heterocycles. The summed E-state index contributed by atoms with van der Waals surface area (Å²) >= 11 is 11.7. The Morgan fingerprint density at radius 3 is 2.95 bits per heavy atom. The zero-order chi connectivity index (χ0) is 13.8. The highest BCUT2D eigenvalue weighted by molar-refractivity contribution is 6.42. The lowest BCUT2D eigenvalue weighted by Gasteiger charge is -2.33. The molecule has 1 unspecified atom stereocenters. The molecule has 1 amide bonds. The van der Waals surface area contributed by atoms with Gasteiger partial charge in [-0.05, 0) is 25.1 Å². The van der Waals surface area contributed by atoms with Gasteiger partial charge in [0.05, 0.1) is 16.6 Å². The van der Waals surface area contributed by atoms with E-state index < -0.39 is 0 Å². The maximum atomic E-state index is 12.0. The predicted octanol–water partition coefficient (Wildman–Crippen LogP) is 2.23. The Balaban J connectivity index is 1.91. The van der Waals surface area contributed by atoms with E-state index in [9.17, 15) is 4.79 Å². The minimum atomic E-state index is -0.0351. The van der Waals surface area contributed by atoms with E-state index in [0.717, 1.165) is 19.6 Å². The molecule has 6 heteroatoms. The Hall–Kier alpha value is -0.810. The molecular weight excluding hydrogens is 285 g/mol. The van der Waals surface area contributed by atoms with Crippen molar-refractivity contribution in [2.75, 3.05) is 31.5 Å². The highest BCUT2D eigenvalue weighted by Crippen LogP contribution is 2.24. The standard InChI is InChI=1S/C13H17Cl2N3O/c1-9-7-16-4-5-18(9)8-13(19)17-10-2-3-11(14)12(15)6-10/h2-3,6,9,16H,4-5,7-8H2,1H3,(H,17,19). The molecule has 1 aromatic carbocycles. The number of halogens is 2. The molecule has 1 fully saturated rings. The van der Waals surface area contributed by atoms with Crippen LogP contribution in [0.25, 0.3) is 0 Å². The maximum absolute atomic E-state index is 12.0. The zero-order valence-corrected chi connectivity index (χ0v) is 12.3. The van der Waals surface area contributed by atoms with Crippen LogP contribution >= 0.6 is 23.2 Å². The Morgan fingerprint density at radius 2 is 2.26 bits per heavy atom. The number of hydrogen-bond donors (Lipinski definition) is 2. The lowest BCUT2D eigenvalue weighted by molar-refractivity contribution is -0.118. The van der Waals surface area contributed by atoms with E-state index in [4.69, 9.17) is 23.2 Å². The number of nitrogens with one attached hydrogen (secondary N) is 2. The molecule has 0 saturated carbocycles. The maximum Gasteiger partial charge on any atom is 0.238 e. The second kappa shape index (κ2) is 6.57. The van der Waals surface area contributed by atoms with Crippen LogP contribution in [0.1, 0.15) is 6.92 Å². The lowest BCUT2D eigenvalue weighted by atomic mass is 10.2. The third-order valence-electron chi connectivity index (χ3n) is 3.19. The van der Waals surface area contributed by atoms with Crippen LogP contribution in [0.2, 0.25) is 10.0 Å². The van der Waals surface area contributed by atoms with Crippen molar-refractivity contribution >= 4 is 34.8 Å². The number of rotatable bonds is 3. The van der Waals surface area contributed by atoms with Gasteiger partial charge < -0.3 is 10.6 Å². The van der Waals surface area contributed by atoms with Gasteiger partial charge >= 0.3 is 0 Å². The largest absolute Gasteiger partial charge is 0.325 e. The quantitative estimate of drug-likeness (QED) is 0.900. The molecule has 0 radical (unpaired) electrons. The molecule has 4 nitrogen and oxygen atoms in total. The summed E-state index contributed by atoms with van der Waals surface area (Å²) in [4.78, 5) is 14.1. The van der Waals surface area contributed by atoms with Crippen molar-refractivity contribution in [2.45, 2.75) is 13.0 Å². The second-order valence-corrected chi connectivity index (χ2v) is 5.52. The van der Waals surface area contributed by atoms with E-state index in [2.05, 4.69) is 22.5 Å². The van der Waals surface area contributed by atoms with Gasteiger partial charge in [-0.3, -0.25) is 9.69 Å². The van der Waals surface area contributed by atoms with Crippen LogP contribution in [0, 0.1) is 0 Å². The highest BCUT2D eigenvalue weighted by atomic mass is 35.5. The van der Waals surface area contributed by atoms with Gasteiger partial charge in [-0.25, -0.2) is 0 Å². The number of hydrogen-bond acceptors (Lipinski definition) is 3. The van der Waals surface area contributed by atoms with E-state index in [0.29, 0.717) is 28.3 Å². The molecule has 104 valence electrons. The van der Waals surface area contributed by atoms with Crippen molar-refractivity contribution in [1.29, 1.82) is 0 Å². The molecule has 19 heavy (non-hydrogen) atoms. The van der Waals surface area contributed by atoms with E-state index in [1.54, 1.807) is 18.2 Å². The van der Waals surface area contributed by atoms with Crippen LogP contribution in [0.3, 0.4) is 0 Å². The van der Waals surface area contributed by atoms with Gasteiger partial charge in [-0.2, -0.15) is 0 Å². The van der Waals surface area contributed by atoms with Gasteiger partial charge in [0.15, 0.2) is 0 Å². The number of benzene rings is 1. The van der Waals surface area contributed by atoms with E-state index >= 15 is 0 Å². The summed E-state index contributed by atoms with van der Waals surface area (Å²) in [5, 5.41) is 7.05. The molecule has 1 atom stereocenters. The molecule has 0 aromatic heterocycles. The van der Waals surface area contributed by atoms with Crippen LogP contribution < -0.4 is 10.6 Å². The number of carbonyl (C=O) groups is 1. The van der Waals surface area contributed by atoms with Gasteiger partial charge in [0.1, 0.15) is 0 Å². The monoisotopic (exact) mass is 301 g/mol. The van der Waals surface area contributed by atoms with E-state index in [-0.39, 0.29) is 5.91 Å². The average molecular weight is 302 g/mol. The summed E-state index contributed by atoms with van der Waals surface area (Å²) in [5.74, 6) is -0.0351. The Bertz CT molecular complexity index is 467. The van der Waals surface area contributed by atoms with Gasteiger partial charge in [0, 0.05) is 31.4 Å². The number of anilines is 1. The summed E-state index contributed by atoms with van der Waals surface area (Å²) < 4.78 is 0. The Kier molecular flexibility index (Phi) is 5.05. The third-order valence-corrected chi connectivity index (χ3v) is 3.93. The van der Waals surface area contributed by atoms with Crippen molar-refractivity contribution in [3.8, 4) is 0 Å². The first kappa shape index (κ1) is 14.6. The van der Waals surface area contributed by atoms with Crippen molar-refractivity contribution < 1.29 is 4.79 Å². The van der Waals surface area contributed by atoms with Crippen LogP contribution in [0.15, 0.2) is 18.2 Å². The number of amides is 1. The number of nitrogens with zero attached hydrogens (tertiary/aromatic N) is 1. The molecule has 0 bridgehead atoms. The Labute approximate surface area is 123 Å². The summed E-state index contributed by atoms with van der Waals surface area (Å²) in [5.41, 5.74) is 0.669. The zero-order valence-electron chi connectivity index (χ0n) is 10.7. The van der Waals surface area contributed by atoms with Gasteiger partial charge in [-0.15, -0.1) is 0 Å². The topological polar surface area (TPSA) is 44.4 Å².